The van der Waals surface area contributed by atoms with Gasteiger partial charge < -0.3 is 10.6 Å². The molecule has 1 heterocycles. The van der Waals surface area contributed by atoms with E-state index < -0.39 is 17.8 Å². The van der Waals surface area contributed by atoms with Gasteiger partial charge in [0, 0.05) is 18.3 Å². The second-order valence-corrected chi connectivity index (χ2v) is 7.02. The fourth-order valence-electron chi connectivity index (χ4n) is 2.87. The Morgan fingerprint density at radius 1 is 1.07 bits per heavy atom. The van der Waals surface area contributed by atoms with Gasteiger partial charge in [0.15, 0.2) is 0 Å². The molecule has 7 heteroatoms. The Balaban J connectivity index is 1.62. The van der Waals surface area contributed by atoms with E-state index in [2.05, 4.69) is 15.7 Å². The lowest BCUT2D eigenvalue weighted by Gasteiger charge is -2.21. The Labute approximate surface area is 168 Å². The summed E-state index contributed by atoms with van der Waals surface area (Å²) in [5, 5.41) is 9.74. The highest BCUT2D eigenvalue weighted by Gasteiger charge is 2.25. The largest absolute Gasteiger partial charge is 0.350 e. The third kappa shape index (κ3) is 5.07. The van der Waals surface area contributed by atoms with E-state index in [0.717, 1.165) is 11.3 Å². The monoisotopic (exact) mass is 394 g/mol. The SMILES string of the molecule is CC(C)C(NC(=O)c1ccccc1F)C(=O)NCc1cnn(-c2ccccc2)c1. The second kappa shape index (κ2) is 9.14. The van der Waals surface area contributed by atoms with Crippen molar-refractivity contribution >= 4 is 11.8 Å². The fourth-order valence-corrected chi connectivity index (χ4v) is 2.87. The lowest BCUT2D eigenvalue weighted by molar-refractivity contribution is -0.124. The van der Waals surface area contributed by atoms with Gasteiger partial charge in [0.2, 0.25) is 5.91 Å². The third-order valence-corrected chi connectivity index (χ3v) is 4.48. The molecule has 0 bridgehead atoms. The van der Waals surface area contributed by atoms with Crippen LogP contribution in [0.2, 0.25) is 0 Å². The van der Waals surface area contributed by atoms with E-state index in [1.54, 1.807) is 16.9 Å². The summed E-state index contributed by atoms with van der Waals surface area (Å²) in [7, 11) is 0. The molecule has 0 aliphatic rings. The summed E-state index contributed by atoms with van der Waals surface area (Å²) in [6.45, 7) is 3.91. The van der Waals surface area contributed by atoms with E-state index in [9.17, 15) is 14.0 Å². The standard InChI is InChI=1S/C22H23FN4O2/c1-15(2)20(26-21(28)18-10-6-7-11-19(18)23)22(29)24-12-16-13-25-27(14-16)17-8-4-3-5-9-17/h3-11,13-15,20H,12H2,1-2H3,(H,24,29)(H,26,28). The molecule has 0 saturated carbocycles. The van der Waals surface area contributed by atoms with Crippen LogP contribution in [-0.4, -0.2) is 27.6 Å². The van der Waals surface area contributed by atoms with Crippen LogP contribution >= 0.6 is 0 Å². The van der Waals surface area contributed by atoms with Crippen LogP contribution in [0.5, 0.6) is 0 Å². The smallest absolute Gasteiger partial charge is 0.254 e. The number of nitrogens with zero attached hydrogens (tertiary/aromatic N) is 2. The van der Waals surface area contributed by atoms with Crippen molar-refractivity contribution < 1.29 is 14.0 Å². The molecule has 0 spiro atoms. The molecule has 150 valence electrons. The number of benzene rings is 2. The maximum absolute atomic E-state index is 13.8. The zero-order valence-electron chi connectivity index (χ0n) is 16.3. The fraction of sp³-hybridized carbons (Fsp3) is 0.227. The van der Waals surface area contributed by atoms with Gasteiger partial charge in [-0.25, -0.2) is 9.07 Å². The minimum Gasteiger partial charge on any atom is -0.350 e. The predicted molar refractivity (Wildman–Crippen MR) is 108 cm³/mol. The quantitative estimate of drug-likeness (QED) is 0.647. The summed E-state index contributed by atoms with van der Waals surface area (Å²) in [6, 6.07) is 14.5. The van der Waals surface area contributed by atoms with Gasteiger partial charge in [-0.05, 0) is 30.2 Å². The normalized spacial score (nSPS) is 11.9. The van der Waals surface area contributed by atoms with Gasteiger partial charge in [0.1, 0.15) is 11.9 Å². The molecule has 29 heavy (non-hydrogen) atoms. The highest BCUT2D eigenvalue weighted by molar-refractivity contribution is 5.97. The van der Waals surface area contributed by atoms with Crippen LogP contribution in [0, 0.1) is 11.7 Å². The van der Waals surface area contributed by atoms with Crippen molar-refractivity contribution in [1.29, 1.82) is 0 Å². The number of nitrogens with one attached hydrogen (secondary N) is 2. The maximum Gasteiger partial charge on any atom is 0.254 e. The average Bonchev–Trinajstić information content (AvgIpc) is 3.20. The minimum atomic E-state index is -0.786. The third-order valence-electron chi connectivity index (χ3n) is 4.48. The number of amides is 2. The van der Waals surface area contributed by atoms with Crippen LogP contribution in [0.25, 0.3) is 5.69 Å². The van der Waals surface area contributed by atoms with E-state index in [1.165, 1.54) is 18.2 Å². The summed E-state index contributed by atoms with van der Waals surface area (Å²) in [5.74, 6) is -1.75. The van der Waals surface area contributed by atoms with Crippen molar-refractivity contribution in [3.8, 4) is 5.69 Å². The molecule has 0 radical (unpaired) electrons. The summed E-state index contributed by atoms with van der Waals surface area (Å²) in [5.41, 5.74) is 1.66. The van der Waals surface area contributed by atoms with E-state index in [-0.39, 0.29) is 23.9 Å². The molecule has 2 aromatic carbocycles. The minimum absolute atomic E-state index is 0.0879. The lowest BCUT2D eigenvalue weighted by Crippen LogP contribution is -2.49. The summed E-state index contributed by atoms with van der Waals surface area (Å²) in [6.07, 6.45) is 3.51. The number of carbonyl (C=O) groups is 2. The number of rotatable bonds is 7. The number of para-hydroxylation sites is 1. The van der Waals surface area contributed by atoms with Crippen LogP contribution in [0.1, 0.15) is 29.8 Å². The van der Waals surface area contributed by atoms with Crippen LogP contribution < -0.4 is 10.6 Å². The van der Waals surface area contributed by atoms with Crippen molar-refractivity contribution in [3.05, 3.63) is 83.9 Å². The number of hydrogen-bond donors (Lipinski definition) is 2. The molecule has 3 rings (SSSR count). The molecule has 6 nitrogen and oxygen atoms in total. The van der Waals surface area contributed by atoms with E-state index >= 15 is 0 Å². The number of aromatic nitrogens is 2. The Hall–Kier alpha value is -3.48. The molecule has 1 unspecified atom stereocenters. The zero-order chi connectivity index (χ0) is 20.8. The Bertz CT molecular complexity index is 985. The first-order chi connectivity index (χ1) is 14.0. The van der Waals surface area contributed by atoms with E-state index in [4.69, 9.17) is 0 Å². The van der Waals surface area contributed by atoms with Gasteiger partial charge in [0.25, 0.3) is 5.91 Å². The van der Waals surface area contributed by atoms with Gasteiger partial charge in [-0.3, -0.25) is 9.59 Å². The number of carbonyl (C=O) groups excluding carboxylic acids is 2. The summed E-state index contributed by atoms with van der Waals surface area (Å²) in [4.78, 5) is 25.0. The molecule has 1 atom stereocenters. The Morgan fingerprint density at radius 2 is 1.76 bits per heavy atom. The summed E-state index contributed by atoms with van der Waals surface area (Å²) >= 11 is 0. The van der Waals surface area contributed by atoms with Crippen molar-refractivity contribution in [2.75, 3.05) is 0 Å². The highest BCUT2D eigenvalue weighted by Crippen LogP contribution is 2.10. The zero-order valence-corrected chi connectivity index (χ0v) is 16.3. The Morgan fingerprint density at radius 3 is 2.45 bits per heavy atom. The van der Waals surface area contributed by atoms with Crippen LogP contribution in [0.15, 0.2) is 67.0 Å². The number of halogens is 1. The first-order valence-electron chi connectivity index (χ1n) is 9.38. The maximum atomic E-state index is 13.8. The lowest BCUT2D eigenvalue weighted by atomic mass is 10.0. The van der Waals surface area contributed by atoms with Gasteiger partial charge in [0.05, 0.1) is 17.4 Å². The molecule has 1 aromatic heterocycles. The van der Waals surface area contributed by atoms with Crippen molar-refractivity contribution in [1.82, 2.24) is 20.4 Å². The van der Waals surface area contributed by atoms with Crippen LogP contribution in [-0.2, 0) is 11.3 Å². The van der Waals surface area contributed by atoms with Crippen molar-refractivity contribution in [2.24, 2.45) is 5.92 Å². The second-order valence-electron chi connectivity index (χ2n) is 7.02. The molecular formula is C22H23FN4O2. The van der Waals surface area contributed by atoms with Crippen LogP contribution in [0.3, 0.4) is 0 Å². The van der Waals surface area contributed by atoms with E-state index in [0.29, 0.717) is 0 Å². The molecule has 0 aliphatic heterocycles. The molecule has 2 amide bonds. The predicted octanol–water partition coefficient (Wildman–Crippen LogP) is 3.08. The molecule has 0 saturated heterocycles. The molecule has 0 aliphatic carbocycles. The number of hydrogen-bond acceptors (Lipinski definition) is 3. The van der Waals surface area contributed by atoms with Gasteiger partial charge in [-0.15, -0.1) is 0 Å². The molecule has 2 N–H and O–H groups in total. The van der Waals surface area contributed by atoms with Crippen LogP contribution in [0.4, 0.5) is 4.39 Å². The molecule has 0 fully saturated rings. The molecule has 3 aromatic rings. The topological polar surface area (TPSA) is 76.0 Å². The van der Waals surface area contributed by atoms with Gasteiger partial charge >= 0.3 is 0 Å². The Kier molecular flexibility index (Phi) is 6.39. The molecular weight excluding hydrogens is 371 g/mol. The van der Waals surface area contributed by atoms with Crippen molar-refractivity contribution in [3.63, 3.8) is 0 Å². The van der Waals surface area contributed by atoms with Gasteiger partial charge in [-0.1, -0.05) is 44.2 Å². The van der Waals surface area contributed by atoms with Crippen molar-refractivity contribution in [2.45, 2.75) is 26.4 Å². The van der Waals surface area contributed by atoms with Gasteiger partial charge in [-0.2, -0.15) is 5.10 Å². The highest BCUT2D eigenvalue weighted by atomic mass is 19.1. The summed E-state index contributed by atoms with van der Waals surface area (Å²) < 4.78 is 15.6. The first-order valence-corrected chi connectivity index (χ1v) is 9.38. The first kappa shape index (κ1) is 20.3. The average molecular weight is 394 g/mol. The van der Waals surface area contributed by atoms with E-state index in [1.807, 2.05) is 50.4 Å².